The molecule has 0 bridgehead atoms. The highest BCUT2D eigenvalue weighted by Crippen LogP contribution is 2.23. The van der Waals surface area contributed by atoms with Crippen LogP contribution in [0.3, 0.4) is 0 Å². The molecule has 2 rings (SSSR count). The van der Waals surface area contributed by atoms with E-state index < -0.39 is 0 Å². The Labute approximate surface area is 173 Å². The van der Waals surface area contributed by atoms with Crippen LogP contribution in [0.2, 0.25) is 10.0 Å². The highest BCUT2D eigenvalue weighted by Gasteiger charge is 2.03. The largest absolute Gasteiger partial charge is 0.493 e. The molecule has 0 unspecified atom stereocenters. The molecule has 2 aromatic rings. The van der Waals surface area contributed by atoms with Gasteiger partial charge < -0.3 is 15.2 Å². The average molecular weight is 422 g/mol. The standard InChI is InChI=1S/C19H21Cl2N5O2/c1-3-27-17-9-15(20)7-5-13(17)11-23-25-19(22)26-24-12-14-6-8-16(21)10-18(14)28-4-2/h5-12H,3-4H2,1-2H3,(H3,22,25,26). The van der Waals surface area contributed by atoms with E-state index in [-0.39, 0.29) is 5.96 Å². The first-order chi connectivity index (χ1) is 13.5. The third-order valence-electron chi connectivity index (χ3n) is 3.30. The second kappa shape index (κ2) is 11.2. The SMILES string of the molecule is CCOc1cc(Cl)ccc1C=NN=C(N)NN=Cc1ccc(Cl)cc1OCC. The van der Waals surface area contributed by atoms with E-state index in [0.717, 1.165) is 11.1 Å². The van der Waals surface area contributed by atoms with E-state index in [1.54, 1.807) is 42.6 Å². The number of ether oxygens (including phenoxy) is 2. The fourth-order valence-electron chi connectivity index (χ4n) is 2.13. The second-order valence-electron chi connectivity index (χ2n) is 5.33. The van der Waals surface area contributed by atoms with Crippen LogP contribution in [0.25, 0.3) is 0 Å². The Morgan fingerprint density at radius 3 is 2.04 bits per heavy atom. The van der Waals surface area contributed by atoms with Gasteiger partial charge in [0.05, 0.1) is 25.6 Å². The first-order valence-corrected chi connectivity index (χ1v) is 9.29. The van der Waals surface area contributed by atoms with Crippen LogP contribution in [0.1, 0.15) is 25.0 Å². The van der Waals surface area contributed by atoms with Gasteiger partial charge in [-0.05, 0) is 50.2 Å². The summed E-state index contributed by atoms with van der Waals surface area (Å²) in [5, 5.41) is 13.0. The van der Waals surface area contributed by atoms with Crippen molar-refractivity contribution in [2.24, 2.45) is 21.0 Å². The fraction of sp³-hybridized carbons (Fsp3) is 0.211. The molecule has 9 heteroatoms. The van der Waals surface area contributed by atoms with Crippen molar-refractivity contribution in [1.82, 2.24) is 5.43 Å². The molecular weight excluding hydrogens is 401 g/mol. The molecule has 0 atom stereocenters. The monoisotopic (exact) mass is 421 g/mol. The Balaban J connectivity index is 2.02. The number of hydrazone groups is 1. The minimum Gasteiger partial charge on any atom is -0.493 e. The van der Waals surface area contributed by atoms with Crippen molar-refractivity contribution in [2.45, 2.75) is 13.8 Å². The fourth-order valence-corrected chi connectivity index (χ4v) is 2.46. The second-order valence-corrected chi connectivity index (χ2v) is 6.20. The van der Waals surface area contributed by atoms with Crippen LogP contribution in [0.4, 0.5) is 0 Å². The van der Waals surface area contributed by atoms with Gasteiger partial charge in [-0.25, -0.2) is 5.43 Å². The molecule has 28 heavy (non-hydrogen) atoms. The third-order valence-corrected chi connectivity index (χ3v) is 3.77. The van der Waals surface area contributed by atoms with Crippen LogP contribution in [-0.2, 0) is 0 Å². The summed E-state index contributed by atoms with van der Waals surface area (Å²) in [5.41, 5.74) is 9.82. The van der Waals surface area contributed by atoms with E-state index in [1.165, 1.54) is 6.21 Å². The molecule has 0 radical (unpaired) electrons. The summed E-state index contributed by atoms with van der Waals surface area (Å²) in [6, 6.07) is 10.5. The van der Waals surface area contributed by atoms with Gasteiger partial charge in [-0.15, -0.1) is 5.10 Å². The number of nitrogens with two attached hydrogens (primary N) is 1. The number of benzene rings is 2. The molecule has 0 aliphatic heterocycles. The summed E-state index contributed by atoms with van der Waals surface area (Å²) < 4.78 is 11.0. The zero-order chi connectivity index (χ0) is 20.4. The lowest BCUT2D eigenvalue weighted by Gasteiger charge is -2.07. The molecule has 0 aromatic heterocycles. The number of hydrogen-bond acceptors (Lipinski definition) is 5. The summed E-state index contributed by atoms with van der Waals surface area (Å²) >= 11 is 11.9. The van der Waals surface area contributed by atoms with Crippen molar-refractivity contribution in [2.75, 3.05) is 13.2 Å². The molecule has 0 saturated heterocycles. The molecule has 3 N–H and O–H groups in total. The molecular formula is C19H21Cl2N5O2. The molecule has 0 saturated carbocycles. The highest BCUT2D eigenvalue weighted by atomic mass is 35.5. The van der Waals surface area contributed by atoms with Gasteiger partial charge in [0.1, 0.15) is 11.5 Å². The van der Waals surface area contributed by atoms with E-state index in [0.29, 0.717) is 34.8 Å². The van der Waals surface area contributed by atoms with Gasteiger partial charge in [-0.2, -0.15) is 10.2 Å². The normalized spacial score (nSPS) is 11.9. The van der Waals surface area contributed by atoms with Crippen molar-refractivity contribution in [1.29, 1.82) is 0 Å². The molecule has 0 fully saturated rings. The lowest BCUT2D eigenvalue weighted by molar-refractivity contribution is 0.339. The molecule has 0 spiro atoms. The summed E-state index contributed by atoms with van der Waals surface area (Å²) in [6.45, 7) is 4.80. The van der Waals surface area contributed by atoms with E-state index in [9.17, 15) is 0 Å². The summed E-state index contributed by atoms with van der Waals surface area (Å²) in [5.74, 6) is 1.26. The van der Waals surface area contributed by atoms with Crippen molar-refractivity contribution in [3.8, 4) is 11.5 Å². The van der Waals surface area contributed by atoms with Gasteiger partial charge in [0, 0.05) is 21.2 Å². The van der Waals surface area contributed by atoms with Crippen LogP contribution in [-0.4, -0.2) is 31.6 Å². The van der Waals surface area contributed by atoms with Gasteiger partial charge in [0.25, 0.3) is 0 Å². The average Bonchev–Trinajstić information content (AvgIpc) is 2.66. The highest BCUT2D eigenvalue weighted by molar-refractivity contribution is 6.31. The van der Waals surface area contributed by atoms with Crippen LogP contribution < -0.4 is 20.6 Å². The van der Waals surface area contributed by atoms with Crippen LogP contribution in [0.5, 0.6) is 11.5 Å². The van der Waals surface area contributed by atoms with E-state index in [1.807, 2.05) is 13.8 Å². The summed E-state index contributed by atoms with van der Waals surface area (Å²) in [4.78, 5) is 0. The maximum absolute atomic E-state index is 5.97. The van der Waals surface area contributed by atoms with E-state index in [2.05, 4.69) is 20.7 Å². The molecule has 0 amide bonds. The van der Waals surface area contributed by atoms with Crippen molar-refractivity contribution < 1.29 is 9.47 Å². The minimum absolute atomic E-state index is 0.0198. The Morgan fingerprint density at radius 2 is 1.50 bits per heavy atom. The van der Waals surface area contributed by atoms with Crippen molar-refractivity contribution in [3.63, 3.8) is 0 Å². The summed E-state index contributed by atoms with van der Waals surface area (Å²) in [7, 11) is 0. The van der Waals surface area contributed by atoms with Crippen LogP contribution >= 0.6 is 23.2 Å². The summed E-state index contributed by atoms with van der Waals surface area (Å²) in [6.07, 6.45) is 3.08. The minimum atomic E-state index is 0.0198. The van der Waals surface area contributed by atoms with Crippen LogP contribution in [0.15, 0.2) is 51.7 Å². The van der Waals surface area contributed by atoms with E-state index >= 15 is 0 Å². The van der Waals surface area contributed by atoms with Crippen molar-refractivity contribution >= 4 is 41.6 Å². The zero-order valence-corrected chi connectivity index (χ0v) is 17.0. The number of nitrogens with zero attached hydrogens (tertiary/aromatic N) is 3. The molecule has 0 heterocycles. The number of nitrogens with one attached hydrogen (secondary N) is 1. The first kappa shape index (κ1) is 21.5. The Morgan fingerprint density at radius 1 is 0.964 bits per heavy atom. The number of hydrogen-bond donors (Lipinski definition) is 2. The third kappa shape index (κ3) is 6.75. The number of guanidine groups is 1. The zero-order valence-electron chi connectivity index (χ0n) is 15.5. The Bertz CT molecular complexity index is 885. The number of rotatable bonds is 8. The maximum atomic E-state index is 5.97. The van der Waals surface area contributed by atoms with Gasteiger partial charge in [0.15, 0.2) is 0 Å². The number of halogens is 2. The molecule has 2 aromatic carbocycles. The van der Waals surface area contributed by atoms with Crippen molar-refractivity contribution in [3.05, 3.63) is 57.6 Å². The lowest BCUT2D eigenvalue weighted by atomic mass is 10.2. The first-order valence-electron chi connectivity index (χ1n) is 8.53. The molecule has 0 aliphatic carbocycles. The van der Waals surface area contributed by atoms with Gasteiger partial charge in [-0.1, -0.05) is 23.2 Å². The lowest BCUT2D eigenvalue weighted by Crippen LogP contribution is -2.26. The predicted molar refractivity (Wildman–Crippen MR) is 115 cm³/mol. The molecule has 148 valence electrons. The van der Waals surface area contributed by atoms with Gasteiger partial charge in [-0.3, -0.25) is 0 Å². The predicted octanol–water partition coefficient (Wildman–Crippen LogP) is 4.06. The Kier molecular flexibility index (Phi) is 8.58. The maximum Gasteiger partial charge on any atom is 0.234 e. The van der Waals surface area contributed by atoms with Gasteiger partial charge in [0.2, 0.25) is 5.96 Å². The topological polar surface area (TPSA) is 93.6 Å². The smallest absolute Gasteiger partial charge is 0.234 e. The van der Waals surface area contributed by atoms with E-state index in [4.69, 9.17) is 38.4 Å². The van der Waals surface area contributed by atoms with Gasteiger partial charge >= 0.3 is 0 Å². The quantitative estimate of drug-likeness (QED) is 0.381. The molecule has 7 nitrogen and oxygen atoms in total. The molecule has 0 aliphatic rings. The van der Waals surface area contributed by atoms with Crippen LogP contribution in [0, 0.1) is 0 Å². The Hall–Kier alpha value is -2.77.